The van der Waals surface area contributed by atoms with Crippen LogP contribution < -0.4 is 55.9 Å². The highest BCUT2D eigenvalue weighted by atomic mass is 35.5. The number of carbonyl (C=O) groups excluding carboxylic acids is 2. The Morgan fingerprint density at radius 1 is 0.479 bits per heavy atom. The van der Waals surface area contributed by atoms with Crippen LogP contribution in [0.25, 0.3) is 97.1 Å². The van der Waals surface area contributed by atoms with Crippen LogP contribution in [0.2, 0.25) is 0 Å². The lowest BCUT2D eigenvalue weighted by atomic mass is 10.1. The van der Waals surface area contributed by atoms with E-state index in [1.807, 2.05) is 151 Å². The average molecular weight is 1680 g/mol. The maximum Gasteiger partial charge on any atom is 0.294 e. The number of amides is 1. The van der Waals surface area contributed by atoms with Crippen molar-refractivity contribution >= 4 is 189 Å². The Morgan fingerprint density at radius 3 is 1.17 bits per heavy atom. The third-order valence-corrected chi connectivity index (χ3v) is 22.6. The van der Waals surface area contributed by atoms with Gasteiger partial charge in [-0.2, -0.15) is 0 Å². The van der Waals surface area contributed by atoms with Gasteiger partial charge in [-0.25, -0.2) is 29.9 Å². The monoisotopic (exact) mass is 1680 g/mol. The van der Waals surface area contributed by atoms with Crippen molar-refractivity contribution in [3.63, 3.8) is 0 Å². The summed E-state index contributed by atoms with van der Waals surface area (Å²) in [6.07, 6.45) is 8.61. The zero-order chi connectivity index (χ0) is 85.0. The number of ether oxygens (including phenoxy) is 3. The SMILES string of the molecule is C=CC(=O)Cl.C=CC(=O)Nc1cc(Nc2nc(-c3cn(C)c4ccccc34)c3sccc3n2)c(OC)cc1N(C)CCN(C)C.COc1cc(N(C)CCN(C)C)c(N)cc1Nc1nc(-c2cn(C)c3ccccc23)c2sccc2n1.COc1cc(N(C)CCN(C)C)c([N+](=O)[O-])cc1Nc1nc(-c2cn(C)c3ccccc23)c2sccc2n1. The van der Waals surface area contributed by atoms with Gasteiger partial charge in [-0.1, -0.05) is 67.8 Å². The van der Waals surface area contributed by atoms with Crippen molar-refractivity contribution in [3.05, 3.63) is 198 Å². The number of likely N-dealkylation sites (N-methyl/N-ethyl adjacent to an activating group) is 6. The van der Waals surface area contributed by atoms with Crippen molar-refractivity contribution in [1.29, 1.82) is 0 Å². The molecule has 0 aliphatic heterocycles. The van der Waals surface area contributed by atoms with E-state index in [0.717, 1.165) is 153 Å². The maximum atomic E-state index is 12.3. The number of hydrogen-bond acceptors (Lipinski definition) is 26. The first-order valence-electron chi connectivity index (χ1n) is 37.8. The molecule has 0 saturated heterocycles. The molecule has 6 N–H and O–H groups in total. The molecule has 0 aliphatic carbocycles. The van der Waals surface area contributed by atoms with Gasteiger partial charge in [0.1, 0.15) is 22.9 Å². The number of halogens is 1. The van der Waals surface area contributed by atoms with E-state index in [1.165, 1.54) is 12.1 Å². The molecule has 6 aromatic carbocycles. The molecule has 0 aliphatic rings. The summed E-state index contributed by atoms with van der Waals surface area (Å²) in [5, 5.41) is 33.9. The lowest BCUT2D eigenvalue weighted by Gasteiger charge is -2.26. The number of hydrogen-bond donors (Lipinski definition) is 5. The minimum atomic E-state index is -0.509. The molecule has 9 aromatic heterocycles. The highest BCUT2D eigenvalue weighted by Crippen LogP contribution is 2.45. The predicted octanol–water partition coefficient (Wildman–Crippen LogP) is 17.4. The van der Waals surface area contributed by atoms with Crippen LogP contribution in [0.5, 0.6) is 17.2 Å². The number of nitro benzene ring substituents is 1. The van der Waals surface area contributed by atoms with E-state index in [0.29, 0.717) is 70.1 Å². The second kappa shape index (κ2) is 38.1. The number of fused-ring (bicyclic) bond motifs is 6. The Labute approximate surface area is 707 Å². The van der Waals surface area contributed by atoms with Crippen LogP contribution in [0.15, 0.2) is 187 Å². The Kier molecular flexibility index (Phi) is 27.4. The molecule has 119 heavy (non-hydrogen) atoms. The summed E-state index contributed by atoms with van der Waals surface area (Å²) < 4.78 is 26.5. The quantitative estimate of drug-likeness (QED) is 0.0100. The van der Waals surface area contributed by atoms with Gasteiger partial charge >= 0.3 is 0 Å². The molecule has 0 radical (unpaired) electrons. The molecule has 9 heterocycles. The van der Waals surface area contributed by atoms with Gasteiger partial charge in [0.05, 0.1) is 114 Å². The molecule has 28 nitrogen and oxygen atoms in total. The average Bonchev–Trinajstić information content (AvgIpc) is 1.63. The van der Waals surface area contributed by atoms with Gasteiger partial charge in [0.2, 0.25) is 29.0 Å². The number of nitrogen functional groups attached to an aromatic ring is 1. The van der Waals surface area contributed by atoms with Crippen molar-refractivity contribution in [2.75, 3.05) is 166 Å². The van der Waals surface area contributed by atoms with Crippen LogP contribution in [-0.4, -0.2) is 198 Å². The molecule has 0 bridgehead atoms. The first kappa shape index (κ1) is 85.6. The predicted molar refractivity (Wildman–Crippen MR) is 493 cm³/mol. The summed E-state index contributed by atoms with van der Waals surface area (Å²) in [7, 11) is 28.9. The zero-order valence-corrected chi connectivity index (χ0v) is 72.3. The number of aryl methyl sites for hydroxylation is 3. The summed E-state index contributed by atoms with van der Waals surface area (Å²) in [5.74, 6) is 2.70. The number of thiophene rings is 3. The topological polar surface area (TPSA) is 291 Å². The Balaban J connectivity index is 0.000000159. The Hall–Kier alpha value is -12.8. The fraction of sp³-hybridized carbons (Fsp3) is 0.241. The van der Waals surface area contributed by atoms with Crippen molar-refractivity contribution in [3.8, 4) is 51.0 Å². The molecule has 32 heteroatoms. The van der Waals surface area contributed by atoms with E-state index < -0.39 is 5.24 Å². The molecule has 0 fully saturated rings. The number of allylic oxidation sites excluding steroid dienone is 1. The number of nitro groups is 1. The van der Waals surface area contributed by atoms with Gasteiger partial charge in [-0.15, -0.1) is 34.0 Å². The molecular formula is C87H96ClN21O7S3. The van der Waals surface area contributed by atoms with E-state index >= 15 is 0 Å². The minimum Gasteiger partial charge on any atom is -0.494 e. The summed E-state index contributed by atoms with van der Waals surface area (Å²) >= 11 is 9.56. The minimum absolute atomic E-state index is 0.0274. The zero-order valence-electron chi connectivity index (χ0n) is 69.1. The van der Waals surface area contributed by atoms with E-state index in [-0.39, 0.29) is 16.5 Å². The number of anilines is 11. The summed E-state index contributed by atoms with van der Waals surface area (Å²) in [6.45, 7) is 11.4. The number of methoxy groups -OCH3 is 3. The summed E-state index contributed by atoms with van der Waals surface area (Å²) in [6, 6.07) is 41.6. The van der Waals surface area contributed by atoms with Crippen molar-refractivity contribution in [1.82, 2.24) is 58.3 Å². The van der Waals surface area contributed by atoms with Crippen molar-refractivity contribution < 1.29 is 28.7 Å². The third-order valence-electron chi connectivity index (χ3n) is 19.8. The number of para-hydroxylation sites is 3. The van der Waals surface area contributed by atoms with Gasteiger partial charge in [0.15, 0.2) is 0 Å². The smallest absolute Gasteiger partial charge is 0.294 e. The van der Waals surface area contributed by atoms with E-state index in [1.54, 1.807) is 61.4 Å². The molecular weight excluding hydrogens is 1580 g/mol. The highest BCUT2D eigenvalue weighted by molar-refractivity contribution is 7.18. The standard InChI is InChI=1S/C30H33N7O2S.C27H29N7O3S.C27H31N7OS.C3H3ClO/c1-7-27(38)31-22-16-23(26(39-6)17-25(22)36(4)14-13-35(2)3)33-30-32-21-12-15-40-29(21)28(34-30)20-18-37(5)24-11-9-8-10-19(20)24;1-31(2)11-12-32(3)22-15-24(37-5)20(14-23(22)34(35)36)29-27-28-19-10-13-38-26(19)25(30-27)18-16-33(4)21-9-7-6-8-17(18)21;1-32(2)11-12-33(3)23-15-24(35-5)21(14-19(23)28)30-27-29-20-10-13-36-26(20)25(31-27)18-16-34(4)22-9-7-6-8-17(18)22;1-2-3(4)5/h7-12,15-18H,1,13-14H2,2-6H3,(H,31,38)(H,32,33,34);6-10,13-16H,11-12H2,1-5H3,(H,28,29,30);6-10,13-16H,11-12,28H2,1-5H3,(H,29,30,31);2H,1H2. The van der Waals surface area contributed by atoms with Crippen LogP contribution in [0.1, 0.15) is 0 Å². The highest BCUT2D eigenvalue weighted by Gasteiger charge is 2.27. The lowest BCUT2D eigenvalue weighted by Crippen LogP contribution is -2.29. The van der Waals surface area contributed by atoms with Gasteiger partial charge < -0.3 is 84.3 Å². The number of nitrogens with zero attached hydrogens (tertiary/aromatic N) is 16. The fourth-order valence-corrected chi connectivity index (χ4v) is 16.1. The normalized spacial score (nSPS) is 11.2. The van der Waals surface area contributed by atoms with E-state index in [2.05, 4.69) is 161 Å². The van der Waals surface area contributed by atoms with Crippen LogP contribution in [-0.2, 0) is 30.7 Å². The largest absolute Gasteiger partial charge is 0.494 e. The second-order valence-corrected chi connectivity index (χ2v) is 32.0. The van der Waals surface area contributed by atoms with Crippen LogP contribution >= 0.6 is 45.6 Å². The number of benzene rings is 6. The van der Waals surface area contributed by atoms with Gasteiger partial charge in [0, 0.05) is 174 Å². The molecule has 1 amide bonds. The second-order valence-electron chi connectivity index (χ2n) is 28.8. The van der Waals surface area contributed by atoms with Crippen LogP contribution in [0.4, 0.5) is 69.0 Å². The molecule has 15 aromatic rings. The lowest BCUT2D eigenvalue weighted by molar-refractivity contribution is -0.384. The molecule has 0 atom stereocenters. The Morgan fingerprint density at radius 2 is 0.815 bits per heavy atom. The molecule has 0 saturated carbocycles. The number of nitrogens with one attached hydrogen (secondary N) is 4. The number of rotatable bonds is 28. The molecule has 0 unspecified atom stereocenters. The number of nitrogens with two attached hydrogens (primary N) is 1. The van der Waals surface area contributed by atoms with Crippen LogP contribution in [0.3, 0.4) is 0 Å². The molecule has 15 rings (SSSR count). The third kappa shape index (κ3) is 19.6. The van der Waals surface area contributed by atoms with Gasteiger partial charge in [0.25, 0.3) is 5.69 Å². The van der Waals surface area contributed by atoms with E-state index in [4.69, 9.17) is 61.4 Å². The first-order valence-corrected chi connectivity index (χ1v) is 40.8. The molecule has 0 spiro atoms. The Bertz CT molecular complexity index is 6230. The van der Waals surface area contributed by atoms with Crippen LogP contribution in [0, 0.1) is 10.1 Å². The van der Waals surface area contributed by atoms with Gasteiger partial charge in [-0.3, -0.25) is 19.7 Å². The fourth-order valence-electron chi connectivity index (χ4n) is 13.6. The number of aromatic nitrogens is 9. The maximum absolute atomic E-state index is 12.3. The first-order chi connectivity index (χ1) is 57.2. The summed E-state index contributed by atoms with van der Waals surface area (Å²) in [4.78, 5) is 75.0. The van der Waals surface area contributed by atoms with Gasteiger partial charge in [-0.05, 0) is 131 Å². The molecule has 616 valence electrons. The van der Waals surface area contributed by atoms with E-state index in [9.17, 15) is 19.7 Å². The van der Waals surface area contributed by atoms with Crippen molar-refractivity contribution in [2.24, 2.45) is 21.1 Å². The number of carbonyl (C=O) groups is 2. The van der Waals surface area contributed by atoms with Crippen molar-refractivity contribution in [2.45, 2.75) is 0 Å². The summed E-state index contributed by atoms with van der Waals surface area (Å²) in [5.41, 5.74) is 23.3.